The third kappa shape index (κ3) is 5.12. The summed E-state index contributed by atoms with van der Waals surface area (Å²) in [5.74, 6) is 0.675. The molecule has 3 rings (SSSR count). The Labute approximate surface area is 172 Å². The Bertz CT molecular complexity index is 962. The van der Waals surface area contributed by atoms with E-state index in [2.05, 4.69) is 41.5 Å². The number of thiophene rings is 1. The predicted octanol–water partition coefficient (Wildman–Crippen LogP) is 3.31. The highest BCUT2D eigenvalue weighted by atomic mass is 79.9. The third-order valence-electron chi connectivity index (χ3n) is 4.05. The highest BCUT2D eigenvalue weighted by molar-refractivity contribution is 9.10. The maximum Gasteiger partial charge on any atom is 0.426 e. The summed E-state index contributed by atoms with van der Waals surface area (Å²) < 4.78 is 39.0. The van der Waals surface area contributed by atoms with E-state index in [1.54, 1.807) is 19.3 Å². The lowest BCUT2D eigenvalue weighted by Gasteiger charge is -2.05. The number of hydrogen-bond acceptors (Lipinski definition) is 5. The number of nitrogens with one attached hydrogen (secondary N) is 3. The van der Waals surface area contributed by atoms with Crippen LogP contribution < -0.4 is 21.3 Å². The monoisotopic (exact) mass is 473 g/mol. The summed E-state index contributed by atoms with van der Waals surface area (Å²) in [5, 5.41) is 8.13. The SMILES string of the molecule is Cc1c(CNCCCNc2nc3c([nH]2)=CC=CN=CC=3)sc(C(F)(F)F)c1Br. The molecule has 5 nitrogen and oxygen atoms in total. The molecule has 2 aromatic heterocycles. The number of allylic oxidation sites excluding steroid dienone is 1. The minimum absolute atomic E-state index is 0.144. The number of rotatable bonds is 7. The standard InChI is InChI=1S/C18H19BrF3N5S/c1-11-14(28-16(15(11)19)18(20,21)22)10-24-7-3-8-25-17-26-12-4-2-6-23-9-5-13(12)27-17/h2,4-6,9,24H,3,7-8,10H2,1H3,(H2,25,26,27). The van der Waals surface area contributed by atoms with Crippen molar-refractivity contribution in [3.63, 3.8) is 0 Å². The van der Waals surface area contributed by atoms with Crippen molar-refractivity contribution in [3.8, 4) is 0 Å². The van der Waals surface area contributed by atoms with Crippen molar-refractivity contribution in [2.75, 3.05) is 18.4 Å². The number of aromatic nitrogens is 2. The van der Waals surface area contributed by atoms with Crippen LogP contribution in [0.4, 0.5) is 19.1 Å². The van der Waals surface area contributed by atoms with Gasteiger partial charge in [0.05, 0.1) is 10.7 Å². The molecule has 3 N–H and O–H groups in total. The Kier molecular flexibility index (Phi) is 6.73. The second kappa shape index (κ2) is 9.06. The van der Waals surface area contributed by atoms with Gasteiger partial charge in [0.25, 0.3) is 0 Å². The fraction of sp³-hybridized carbons (Fsp3) is 0.333. The normalized spacial score (nSPS) is 13.5. The van der Waals surface area contributed by atoms with Crippen LogP contribution >= 0.6 is 27.3 Å². The van der Waals surface area contributed by atoms with E-state index in [0.29, 0.717) is 36.0 Å². The average molecular weight is 474 g/mol. The first-order valence-electron chi connectivity index (χ1n) is 8.62. The number of aromatic amines is 1. The zero-order valence-corrected chi connectivity index (χ0v) is 17.4. The molecule has 0 spiro atoms. The van der Waals surface area contributed by atoms with Gasteiger partial charge < -0.3 is 15.6 Å². The van der Waals surface area contributed by atoms with Crippen LogP contribution in [-0.4, -0.2) is 29.3 Å². The summed E-state index contributed by atoms with van der Waals surface area (Å²) in [6.07, 6.45) is 5.43. The Morgan fingerprint density at radius 2 is 2.07 bits per heavy atom. The van der Waals surface area contributed by atoms with Gasteiger partial charge in [-0.25, -0.2) is 4.98 Å². The highest BCUT2D eigenvalue weighted by Crippen LogP contribution is 2.43. The van der Waals surface area contributed by atoms with Crippen molar-refractivity contribution in [3.05, 3.63) is 42.8 Å². The maximum absolute atomic E-state index is 12.9. The topological polar surface area (TPSA) is 65.1 Å². The van der Waals surface area contributed by atoms with Crippen molar-refractivity contribution < 1.29 is 13.2 Å². The largest absolute Gasteiger partial charge is 0.426 e. The van der Waals surface area contributed by atoms with Crippen molar-refractivity contribution in [2.45, 2.75) is 26.1 Å². The molecule has 2 aromatic rings. The lowest BCUT2D eigenvalue weighted by atomic mass is 10.2. The number of aliphatic imine (C=N–C) groups is 1. The van der Waals surface area contributed by atoms with Crippen LogP contribution in [0.15, 0.2) is 21.7 Å². The molecular weight excluding hydrogens is 455 g/mol. The second-order valence-electron chi connectivity index (χ2n) is 6.11. The smallest absolute Gasteiger partial charge is 0.356 e. The van der Waals surface area contributed by atoms with Crippen LogP contribution in [0.5, 0.6) is 0 Å². The van der Waals surface area contributed by atoms with E-state index in [0.717, 1.165) is 28.5 Å². The van der Waals surface area contributed by atoms with Gasteiger partial charge >= 0.3 is 6.18 Å². The zero-order valence-electron chi connectivity index (χ0n) is 15.0. The molecule has 0 unspecified atom stereocenters. The molecule has 28 heavy (non-hydrogen) atoms. The average Bonchev–Trinajstić information content (AvgIpc) is 3.12. The molecule has 0 saturated heterocycles. The minimum atomic E-state index is -4.33. The highest BCUT2D eigenvalue weighted by Gasteiger charge is 2.36. The summed E-state index contributed by atoms with van der Waals surface area (Å²) >= 11 is 3.84. The van der Waals surface area contributed by atoms with Gasteiger partial charge in [-0.1, -0.05) is 0 Å². The molecular formula is C18H19BrF3N5S. The molecule has 0 radical (unpaired) electrons. The lowest BCUT2D eigenvalue weighted by molar-refractivity contribution is -0.134. The molecule has 0 amide bonds. The van der Waals surface area contributed by atoms with E-state index in [1.165, 1.54) is 0 Å². The van der Waals surface area contributed by atoms with Gasteiger partial charge in [-0.05, 0) is 59.6 Å². The Hall–Kier alpha value is -1.91. The first-order chi connectivity index (χ1) is 13.4. The summed E-state index contributed by atoms with van der Waals surface area (Å²) in [5.41, 5.74) is 0.640. The molecule has 0 atom stereocenters. The second-order valence-corrected chi connectivity index (χ2v) is 8.00. The zero-order chi connectivity index (χ0) is 20.1. The van der Waals surface area contributed by atoms with Gasteiger partial charge in [-0.3, -0.25) is 4.99 Å². The number of H-pyrrole nitrogens is 1. The number of fused-ring (bicyclic) bond motifs is 1. The molecule has 1 aliphatic heterocycles. The van der Waals surface area contributed by atoms with Gasteiger partial charge in [0.1, 0.15) is 4.88 Å². The van der Waals surface area contributed by atoms with Crippen molar-refractivity contribution in [1.82, 2.24) is 15.3 Å². The Morgan fingerprint density at radius 3 is 2.82 bits per heavy atom. The third-order valence-corrected chi connectivity index (χ3v) is 6.64. The summed E-state index contributed by atoms with van der Waals surface area (Å²) in [6, 6.07) is 0. The molecule has 0 bridgehead atoms. The fourth-order valence-corrected chi connectivity index (χ4v) is 4.47. The van der Waals surface area contributed by atoms with Crippen molar-refractivity contribution >= 4 is 51.6 Å². The fourth-order valence-electron chi connectivity index (χ4n) is 2.60. The van der Waals surface area contributed by atoms with Crippen LogP contribution in [0.25, 0.3) is 12.2 Å². The maximum atomic E-state index is 12.9. The summed E-state index contributed by atoms with van der Waals surface area (Å²) in [7, 11) is 0. The first kappa shape index (κ1) is 20.8. The lowest BCUT2D eigenvalue weighted by Crippen LogP contribution is -2.24. The number of alkyl halides is 3. The van der Waals surface area contributed by atoms with Gasteiger partial charge in [-0.15, -0.1) is 11.3 Å². The van der Waals surface area contributed by atoms with Crippen LogP contribution in [-0.2, 0) is 12.7 Å². The van der Waals surface area contributed by atoms with E-state index < -0.39 is 11.1 Å². The van der Waals surface area contributed by atoms with Gasteiger partial charge in [0.2, 0.25) is 5.95 Å². The predicted molar refractivity (Wildman–Crippen MR) is 111 cm³/mol. The van der Waals surface area contributed by atoms with Gasteiger partial charge in [-0.2, -0.15) is 13.2 Å². The number of nitrogens with zero attached hydrogens (tertiary/aromatic N) is 2. The molecule has 0 saturated carbocycles. The van der Waals surface area contributed by atoms with E-state index in [-0.39, 0.29) is 4.47 Å². The quantitative estimate of drug-likeness (QED) is 0.540. The Morgan fingerprint density at radius 1 is 1.25 bits per heavy atom. The molecule has 10 heteroatoms. The van der Waals surface area contributed by atoms with Crippen LogP contribution in [0, 0.1) is 6.92 Å². The van der Waals surface area contributed by atoms with Gasteiger partial charge in [0, 0.05) is 34.9 Å². The van der Waals surface area contributed by atoms with E-state index in [1.807, 2.05) is 18.2 Å². The molecule has 150 valence electrons. The minimum Gasteiger partial charge on any atom is -0.356 e. The van der Waals surface area contributed by atoms with Crippen molar-refractivity contribution in [2.24, 2.45) is 4.99 Å². The van der Waals surface area contributed by atoms with E-state index >= 15 is 0 Å². The van der Waals surface area contributed by atoms with Crippen LogP contribution in [0.1, 0.15) is 21.7 Å². The molecule has 1 aliphatic rings. The molecule has 0 aromatic carbocycles. The first-order valence-corrected chi connectivity index (χ1v) is 10.2. The summed E-state index contributed by atoms with van der Waals surface area (Å²) in [6.45, 7) is 3.48. The number of hydrogen-bond donors (Lipinski definition) is 3. The molecule has 0 fully saturated rings. The van der Waals surface area contributed by atoms with Crippen LogP contribution in [0.2, 0.25) is 0 Å². The molecule has 3 heterocycles. The van der Waals surface area contributed by atoms with E-state index in [4.69, 9.17) is 0 Å². The Balaban J connectivity index is 1.46. The van der Waals surface area contributed by atoms with Gasteiger partial charge in [0.15, 0.2) is 0 Å². The number of anilines is 1. The molecule has 0 aliphatic carbocycles. The van der Waals surface area contributed by atoms with E-state index in [9.17, 15) is 13.2 Å². The van der Waals surface area contributed by atoms with Crippen LogP contribution in [0.3, 0.4) is 0 Å². The summed E-state index contributed by atoms with van der Waals surface area (Å²) in [4.78, 5) is 11.8. The number of imidazole rings is 1. The number of halogens is 4. The van der Waals surface area contributed by atoms with Crippen molar-refractivity contribution in [1.29, 1.82) is 0 Å².